The normalized spacial score (nSPS) is 15.6. The minimum atomic E-state index is -0.916. The van der Waals surface area contributed by atoms with Crippen molar-refractivity contribution in [1.82, 2.24) is 15.5 Å². The van der Waals surface area contributed by atoms with Crippen LogP contribution in [-0.4, -0.2) is 47.9 Å². The first-order valence-electron chi connectivity index (χ1n) is 8.45. The maximum atomic E-state index is 12.5. The molecule has 1 aliphatic rings. The largest absolute Gasteiger partial charge is 0.465 e. The summed E-state index contributed by atoms with van der Waals surface area (Å²) in [4.78, 5) is 48.9. The van der Waals surface area contributed by atoms with Crippen molar-refractivity contribution in [2.75, 3.05) is 13.7 Å². The number of amides is 4. The van der Waals surface area contributed by atoms with Crippen LogP contribution in [0.3, 0.4) is 0 Å². The Labute approximate surface area is 151 Å². The van der Waals surface area contributed by atoms with E-state index in [4.69, 9.17) is 0 Å². The molecule has 4 amide bonds. The number of benzene rings is 1. The highest BCUT2D eigenvalue weighted by Gasteiger charge is 2.49. The Morgan fingerprint density at radius 2 is 1.77 bits per heavy atom. The SMILES string of the molecule is CCC1(CC)NC(=O)N(CC(=O)NCc2ccc(C(=O)OC)cc2)C1=O. The highest BCUT2D eigenvalue weighted by Crippen LogP contribution is 2.24. The van der Waals surface area contributed by atoms with E-state index in [0.717, 1.165) is 10.5 Å². The van der Waals surface area contributed by atoms with Gasteiger partial charge in [-0.3, -0.25) is 14.5 Å². The van der Waals surface area contributed by atoms with E-state index < -0.39 is 23.4 Å². The van der Waals surface area contributed by atoms with Gasteiger partial charge in [0, 0.05) is 6.54 Å². The molecule has 1 saturated heterocycles. The number of carbonyl (C=O) groups is 4. The number of urea groups is 1. The molecular weight excluding hydrogens is 338 g/mol. The lowest BCUT2D eigenvalue weighted by molar-refractivity contribution is -0.135. The Kier molecular flexibility index (Phi) is 5.97. The number of nitrogens with one attached hydrogen (secondary N) is 2. The molecule has 2 rings (SSSR count). The minimum absolute atomic E-state index is 0.219. The number of carbonyl (C=O) groups excluding carboxylic acids is 4. The maximum absolute atomic E-state index is 12.5. The molecule has 2 N–H and O–H groups in total. The van der Waals surface area contributed by atoms with Crippen LogP contribution in [0.2, 0.25) is 0 Å². The van der Waals surface area contributed by atoms with Crippen LogP contribution in [-0.2, 0) is 20.9 Å². The summed E-state index contributed by atoms with van der Waals surface area (Å²) in [5.41, 5.74) is 0.276. The fraction of sp³-hybridized carbons (Fsp3) is 0.444. The number of esters is 1. The summed E-state index contributed by atoms with van der Waals surface area (Å²) >= 11 is 0. The average Bonchev–Trinajstić information content (AvgIpc) is 2.90. The van der Waals surface area contributed by atoms with Gasteiger partial charge in [0.2, 0.25) is 5.91 Å². The van der Waals surface area contributed by atoms with Crippen molar-refractivity contribution in [3.05, 3.63) is 35.4 Å². The number of nitrogens with zero attached hydrogens (tertiary/aromatic N) is 1. The van der Waals surface area contributed by atoms with Crippen LogP contribution in [0.25, 0.3) is 0 Å². The zero-order chi connectivity index (χ0) is 19.3. The molecule has 140 valence electrons. The summed E-state index contributed by atoms with van der Waals surface area (Å²) < 4.78 is 4.62. The predicted octanol–water partition coefficient (Wildman–Crippen LogP) is 1.20. The van der Waals surface area contributed by atoms with Gasteiger partial charge in [-0.1, -0.05) is 26.0 Å². The van der Waals surface area contributed by atoms with Crippen LogP contribution < -0.4 is 10.6 Å². The molecular formula is C18H23N3O5. The molecule has 1 aliphatic heterocycles. The Balaban J connectivity index is 1.92. The Hall–Kier alpha value is -2.90. The molecule has 0 aromatic heterocycles. The molecule has 1 fully saturated rings. The van der Waals surface area contributed by atoms with Gasteiger partial charge in [-0.05, 0) is 30.5 Å². The van der Waals surface area contributed by atoms with E-state index in [1.54, 1.807) is 24.3 Å². The van der Waals surface area contributed by atoms with Gasteiger partial charge in [-0.2, -0.15) is 0 Å². The summed E-state index contributed by atoms with van der Waals surface area (Å²) in [5, 5.41) is 5.35. The molecule has 0 spiro atoms. The Morgan fingerprint density at radius 3 is 2.27 bits per heavy atom. The van der Waals surface area contributed by atoms with E-state index in [0.29, 0.717) is 18.4 Å². The van der Waals surface area contributed by atoms with Gasteiger partial charge in [-0.25, -0.2) is 9.59 Å². The van der Waals surface area contributed by atoms with Gasteiger partial charge in [0.05, 0.1) is 12.7 Å². The van der Waals surface area contributed by atoms with E-state index in [2.05, 4.69) is 15.4 Å². The number of imide groups is 1. The topological polar surface area (TPSA) is 105 Å². The van der Waals surface area contributed by atoms with Gasteiger partial charge >= 0.3 is 12.0 Å². The molecule has 0 radical (unpaired) electrons. The molecule has 0 saturated carbocycles. The molecule has 26 heavy (non-hydrogen) atoms. The highest BCUT2D eigenvalue weighted by atomic mass is 16.5. The van der Waals surface area contributed by atoms with Gasteiger partial charge < -0.3 is 15.4 Å². The summed E-state index contributed by atoms with van der Waals surface area (Å²) in [6.45, 7) is 3.54. The molecule has 1 aromatic carbocycles. The molecule has 0 atom stereocenters. The Bertz CT molecular complexity index is 710. The summed E-state index contributed by atoms with van der Waals surface area (Å²) in [5.74, 6) is -1.24. The Morgan fingerprint density at radius 1 is 1.15 bits per heavy atom. The van der Waals surface area contributed by atoms with Crippen molar-refractivity contribution < 1.29 is 23.9 Å². The number of methoxy groups -OCH3 is 1. The monoisotopic (exact) mass is 361 g/mol. The van der Waals surface area contributed by atoms with E-state index in [-0.39, 0.29) is 19.0 Å². The number of hydrogen-bond donors (Lipinski definition) is 2. The van der Waals surface area contributed by atoms with E-state index in [1.807, 2.05) is 13.8 Å². The number of hydrogen-bond acceptors (Lipinski definition) is 5. The second-order valence-electron chi connectivity index (χ2n) is 6.08. The van der Waals surface area contributed by atoms with Gasteiger partial charge in [0.15, 0.2) is 0 Å². The van der Waals surface area contributed by atoms with Crippen LogP contribution >= 0.6 is 0 Å². The number of ether oxygens (including phenoxy) is 1. The first-order valence-corrected chi connectivity index (χ1v) is 8.45. The van der Waals surface area contributed by atoms with Crippen molar-refractivity contribution in [1.29, 1.82) is 0 Å². The van der Waals surface area contributed by atoms with Gasteiger partial charge in [0.1, 0.15) is 12.1 Å². The smallest absolute Gasteiger partial charge is 0.337 e. The van der Waals surface area contributed by atoms with Crippen molar-refractivity contribution in [2.24, 2.45) is 0 Å². The van der Waals surface area contributed by atoms with E-state index in [1.165, 1.54) is 7.11 Å². The molecule has 8 heteroatoms. The maximum Gasteiger partial charge on any atom is 0.337 e. The van der Waals surface area contributed by atoms with Crippen LogP contribution in [0, 0.1) is 0 Å². The standard InChI is InChI=1S/C18H23N3O5/c1-4-18(5-2)16(24)21(17(25)20-18)11-14(22)19-10-12-6-8-13(9-7-12)15(23)26-3/h6-9H,4-5,10-11H2,1-3H3,(H,19,22)(H,20,25). The van der Waals surface area contributed by atoms with Crippen LogP contribution in [0.4, 0.5) is 4.79 Å². The van der Waals surface area contributed by atoms with E-state index in [9.17, 15) is 19.2 Å². The summed E-state index contributed by atoms with van der Waals surface area (Å²) in [6.07, 6.45) is 0.942. The van der Waals surface area contributed by atoms with E-state index >= 15 is 0 Å². The van der Waals surface area contributed by atoms with Crippen LogP contribution in [0.1, 0.15) is 42.6 Å². The van der Waals surface area contributed by atoms with Gasteiger partial charge in [-0.15, -0.1) is 0 Å². The molecule has 0 unspecified atom stereocenters. The highest BCUT2D eigenvalue weighted by molar-refractivity contribution is 6.08. The third-order valence-electron chi connectivity index (χ3n) is 4.62. The third kappa shape index (κ3) is 3.84. The zero-order valence-corrected chi connectivity index (χ0v) is 15.1. The van der Waals surface area contributed by atoms with Crippen LogP contribution in [0.5, 0.6) is 0 Å². The van der Waals surface area contributed by atoms with Crippen LogP contribution in [0.15, 0.2) is 24.3 Å². The number of rotatable bonds is 7. The lowest BCUT2D eigenvalue weighted by Crippen LogP contribution is -2.46. The minimum Gasteiger partial charge on any atom is -0.465 e. The fourth-order valence-corrected chi connectivity index (χ4v) is 2.83. The zero-order valence-electron chi connectivity index (χ0n) is 15.1. The van der Waals surface area contributed by atoms with Crippen molar-refractivity contribution in [2.45, 2.75) is 38.8 Å². The molecule has 1 heterocycles. The third-order valence-corrected chi connectivity index (χ3v) is 4.62. The molecule has 0 bridgehead atoms. The second kappa shape index (κ2) is 7.99. The fourth-order valence-electron chi connectivity index (χ4n) is 2.83. The van der Waals surface area contributed by atoms with Crippen molar-refractivity contribution >= 4 is 23.8 Å². The molecule has 1 aromatic rings. The first kappa shape index (κ1) is 19.4. The quantitative estimate of drug-likeness (QED) is 0.561. The first-order chi connectivity index (χ1) is 12.4. The summed E-state index contributed by atoms with van der Waals surface area (Å²) in [7, 11) is 1.30. The van der Waals surface area contributed by atoms with Crippen molar-refractivity contribution in [3.8, 4) is 0 Å². The lowest BCUT2D eigenvalue weighted by atomic mass is 9.93. The lowest BCUT2D eigenvalue weighted by Gasteiger charge is -2.23. The van der Waals surface area contributed by atoms with Crippen molar-refractivity contribution in [3.63, 3.8) is 0 Å². The molecule has 8 nitrogen and oxygen atoms in total. The second-order valence-corrected chi connectivity index (χ2v) is 6.08. The van der Waals surface area contributed by atoms with Gasteiger partial charge in [0.25, 0.3) is 5.91 Å². The average molecular weight is 361 g/mol. The molecule has 0 aliphatic carbocycles. The predicted molar refractivity (Wildman–Crippen MR) is 93.2 cm³/mol. The summed E-state index contributed by atoms with van der Waals surface area (Å²) in [6, 6.07) is 6.04.